The van der Waals surface area contributed by atoms with Crippen LogP contribution in [0.3, 0.4) is 0 Å². The van der Waals surface area contributed by atoms with Crippen molar-refractivity contribution in [2.24, 2.45) is 0 Å². The second-order valence-electron chi connectivity index (χ2n) is 26.8. The van der Waals surface area contributed by atoms with E-state index in [0.717, 1.165) is 159 Å². The van der Waals surface area contributed by atoms with Gasteiger partial charge in [0, 0.05) is 118 Å². The van der Waals surface area contributed by atoms with Crippen LogP contribution in [-0.4, -0.2) is 72.6 Å². The zero-order valence-electron chi connectivity index (χ0n) is 69.5. The summed E-state index contributed by atoms with van der Waals surface area (Å²) in [7, 11) is 11.4. The van der Waals surface area contributed by atoms with Gasteiger partial charge in [0.25, 0.3) is 0 Å². The van der Waals surface area contributed by atoms with Crippen LogP contribution in [0.2, 0.25) is 0 Å². The number of aryl methyl sites for hydroxylation is 6. The van der Waals surface area contributed by atoms with Gasteiger partial charge in [-0.15, -0.1) is 0 Å². The lowest BCUT2D eigenvalue weighted by Gasteiger charge is -2.04. The number of halogens is 1. The van der Waals surface area contributed by atoms with Crippen molar-refractivity contribution in [3.05, 3.63) is 314 Å². The summed E-state index contributed by atoms with van der Waals surface area (Å²) in [5.74, 6) is 36.5. The van der Waals surface area contributed by atoms with Gasteiger partial charge in [0.15, 0.2) is 0 Å². The van der Waals surface area contributed by atoms with Crippen LogP contribution in [0.4, 0.5) is 4.39 Å². The maximum atomic E-state index is 13.0. The van der Waals surface area contributed by atoms with Crippen LogP contribution in [0.25, 0.3) is 54.5 Å². The maximum absolute atomic E-state index is 13.0. The minimum absolute atomic E-state index is 0.298. The molecule has 0 aliphatic rings. The number of methoxy groups -OCH3 is 7. The van der Waals surface area contributed by atoms with E-state index in [4.69, 9.17) is 33.2 Å². The molecule has 0 aliphatic carbocycles. The van der Waals surface area contributed by atoms with E-state index in [9.17, 15) is 30.7 Å². The number of nitriles is 5. The van der Waals surface area contributed by atoms with Crippen LogP contribution in [0.5, 0.6) is 40.2 Å². The van der Waals surface area contributed by atoms with Crippen molar-refractivity contribution < 1.29 is 37.5 Å². The van der Waals surface area contributed by atoms with Crippen molar-refractivity contribution >= 4 is 54.5 Å². The molecule has 0 fully saturated rings. The van der Waals surface area contributed by atoms with E-state index in [2.05, 4.69) is 106 Å². The van der Waals surface area contributed by atoms with Gasteiger partial charge in [-0.3, -0.25) is 0 Å². The molecular weight excluding hydrogens is 1510 g/mol. The van der Waals surface area contributed by atoms with Gasteiger partial charge in [0.05, 0.1) is 105 Å². The van der Waals surface area contributed by atoms with Crippen LogP contribution in [0.1, 0.15) is 124 Å². The average Bonchev–Trinajstić information content (AvgIpc) is 1.65. The number of rotatable bonds is 12. The van der Waals surface area contributed by atoms with Gasteiger partial charge in [-0.05, 0) is 223 Å². The minimum atomic E-state index is -0.298. The zero-order valence-corrected chi connectivity index (χ0v) is 69.5. The summed E-state index contributed by atoms with van der Waals surface area (Å²) < 4.78 is 60.1. The topological polar surface area (TPSA) is 208 Å². The highest BCUT2D eigenvalue weighted by Gasteiger charge is 2.21. The van der Waals surface area contributed by atoms with Crippen LogP contribution < -0.4 is 33.2 Å². The first-order chi connectivity index (χ1) is 59.0. The lowest BCUT2D eigenvalue weighted by molar-refractivity contribution is 0.414. The Hall–Kier alpha value is -16.3. The van der Waals surface area contributed by atoms with Crippen molar-refractivity contribution in [3.8, 4) is 130 Å². The molecule has 18 heteroatoms. The molecule has 15 rings (SSSR count). The van der Waals surface area contributed by atoms with Crippen molar-refractivity contribution in [1.29, 1.82) is 26.3 Å². The summed E-state index contributed by atoms with van der Waals surface area (Å²) in [6, 6.07) is 79.0. The number of aromatic nitrogens is 5. The molecule has 5 aromatic heterocycles. The molecular formula is C103H85FN10O7. The Morgan fingerprint density at radius 1 is 0.248 bits per heavy atom. The number of hydrogen-bond acceptors (Lipinski definition) is 12. The third-order valence-corrected chi connectivity index (χ3v) is 20.0. The van der Waals surface area contributed by atoms with Crippen molar-refractivity contribution in [2.45, 2.75) is 74.3 Å². The van der Waals surface area contributed by atoms with Gasteiger partial charge >= 0.3 is 0 Å². The SMILES string of the molecule is CCn1c(C#Cc2ccc(C)cc2)c(C#N)c2ccc(OC)cc21.CCn1c(C#Cc2ccc(F)cc2)c(C#N)c2ccc(OC)cc21.CCn1c(C#Cc2ccc(OC)cc2)c(C#N)c2ccc(OC)cc21.CCn1c(C#Cc2cccc(OC)c2)c(C#N)c2ccc(OC)cc21.CCn1c(C#Cc2ccccc2)c(C#N)c2ccc(OC)cc21. The molecule has 5 heterocycles. The zero-order chi connectivity index (χ0) is 86.1. The first-order valence-corrected chi connectivity index (χ1v) is 38.8. The molecule has 17 nitrogen and oxygen atoms in total. The largest absolute Gasteiger partial charge is 0.497 e. The van der Waals surface area contributed by atoms with Crippen molar-refractivity contribution in [1.82, 2.24) is 22.8 Å². The lowest BCUT2D eigenvalue weighted by atomic mass is 10.1. The Labute approximate surface area is 704 Å². The van der Waals surface area contributed by atoms with Crippen molar-refractivity contribution in [3.63, 3.8) is 0 Å². The fraction of sp³-hybridized carbons (Fsp3) is 0.175. The molecule has 0 bridgehead atoms. The van der Waals surface area contributed by atoms with E-state index in [1.165, 1.54) is 17.7 Å². The van der Waals surface area contributed by atoms with Crippen LogP contribution in [0.15, 0.2) is 218 Å². The fourth-order valence-electron chi connectivity index (χ4n) is 13.9. The number of fused-ring (bicyclic) bond motifs is 5. The molecule has 0 atom stereocenters. The molecule has 121 heavy (non-hydrogen) atoms. The summed E-state index contributed by atoms with van der Waals surface area (Å²) >= 11 is 0. The molecule has 0 N–H and O–H groups in total. The van der Waals surface area contributed by atoms with E-state index in [0.29, 0.717) is 52.2 Å². The van der Waals surface area contributed by atoms with Gasteiger partial charge in [0.2, 0.25) is 0 Å². The van der Waals surface area contributed by atoms with Crippen LogP contribution in [0, 0.1) is 129 Å². The minimum Gasteiger partial charge on any atom is -0.497 e. The lowest BCUT2D eigenvalue weighted by Crippen LogP contribution is -1.98. The molecule has 15 aromatic rings. The summed E-state index contributed by atoms with van der Waals surface area (Å²) in [6.45, 7) is 15.8. The van der Waals surface area contributed by atoms with Crippen LogP contribution in [-0.2, 0) is 32.7 Å². The second kappa shape index (κ2) is 40.8. The monoisotopic (exact) mass is 1590 g/mol. The first-order valence-electron chi connectivity index (χ1n) is 38.8. The number of benzene rings is 10. The summed E-state index contributed by atoms with van der Waals surface area (Å²) in [4.78, 5) is 0. The highest BCUT2D eigenvalue weighted by Crippen LogP contribution is 2.35. The van der Waals surface area contributed by atoms with Gasteiger partial charge in [-0.1, -0.05) is 71.6 Å². The maximum Gasteiger partial charge on any atom is 0.123 e. The molecule has 0 unspecified atom stereocenters. The van der Waals surface area contributed by atoms with E-state index < -0.39 is 0 Å². The predicted molar refractivity (Wildman–Crippen MR) is 474 cm³/mol. The number of nitrogens with zero attached hydrogens (tertiary/aromatic N) is 10. The Morgan fingerprint density at radius 3 is 0.744 bits per heavy atom. The normalized spacial score (nSPS) is 10.0. The van der Waals surface area contributed by atoms with Gasteiger partial charge < -0.3 is 56.0 Å². The Kier molecular flexibility index (Phi) is 28.9. The highest BCUT2D eigenvalue weighted by atomic mass is 19.1. The Morgan fingerprint density at radius 2 is 0.479 bits per heavy atom. The van der Waals surface area contributed by atoms with E-state index in [-0.39, 0.29) is 5.82 Å². The molecule has 10 aromatic carbocycles. The summed E-state index contributed by atoms with van der Waals surface area (Å²) in [5.41, 5.74) is 16.8. The average molecular weight is 1590 g/mol. The van der Waals surface area contributed by atoms with E-state index >= 15 is 0 Å². The van der Waals surface area contributed by atoms with E-state index in [1.807, 2.05) is 242 Å². The molecule has 0 radical (unpaired) electrons. The molecule has 0 spiro atoms. The van der Waals surface area contributed by atoms with E-state index in [1.54, 1.807) is 61.9 Å². The molecule has 596 valence electrons. The quantitative estimate of drug-likeness (QED) is 0.105. The third kappa shape index (κ3) is 19.3. The van der Waals surface area contributed by atoms with Crippen molar-refractivity contribution in [2.75, 3.05) is 49.8 Å². The smallest absolute Gasteiger partial charge is 0.123 e. The molecule has 0 saturated carbocycles. The predicted octanol–water partition coefficient (Wildman–Crippen LogP) is 20.2. The van der Waals surface area contributed by atoms with Crippen LogP contribution >= 0.6 is 0 Å². The van der Waals surface area contributed by atoms with Gasteiger partial charge in [-0.2, -0.15) is 26.3 Å². The number of ether oxygens (including phenoxy) is 7. The highest BCUT2D eigenvalue weighted by molar-refractivity contribution is 5.95. The van der Waals surface area contributed by atoms with Gasteiger partial charge in [0.1, 0.15) is 105 Å². The summed E-state index contributed by atoms with van der Waals surface area (Å²) in [6.07, 6.45) is 0. The Balaban J connectivity index is 0.000000148. The fourth-order valence-corrected chi connectivity index (χ4v) is 13.9. The van der Waals surface area contributed by atoms with Gasteiger partial charge in [-0.25, -0.2) is 4.39 Å². The standard InChI is InChI=1S/2C21H18N2O2.C21H18N2O.C20H15FN2O.C20H16N2O/c1-4-23-20(12-7-15-5-8-16(24-2)9-6-15)19(14-22)18-11-10-17(25-3)13-21(18)23;1-4-23-20(11-8-15-6-5-7-16(12-15)24-2)19(14-22)18-10-9-17(25-3)13-21(18)23;1-4-23-20(12-9-16-7-5-15(2)6-8-16)19(14-22)18-11-10-17(24-3)13-21(18)23;1-3-23-19(11-6-14-4-7-15(21)8-5-14)18(13-22)17-10-9-16(24-2)12-20(17)23;1-3-22-19(12-9-15-7-5-4-6-8-15)18(14-21)17-11-10-16(23-2)13-20(17)22/h5-6,8-11,13H,4H2,1-3H3;5-7,9-10,12-13H,4H2,1-3H3;5-8,10-11,13H,4H2,1-3H3;4-5,7-10,12H,3H2,1-2H3;4-8,10-11,13H,3H2,1-2H3. The number of hydrogen-bond donors (Lipinski definition) is 0. The third-order valence-electron chi connectivity index (χ3n) is 20.0. The first kappa shape index (κ1) is 85.6. The second-order valence-corrected chi connectivity index (χ2v) is 26.8. The molecule has 0 aliphatic heterocycles. The molecule has 0 amide bonds. The molecule has 0 saturated heterocycles. The Bertz CT molecular complexity index is 6760. The summed E-state index contributed by atoms with van der Waals surface area (Å²) in [5, 5.41) is 52.5.